The Balaban J connectivity index is 1.71. The van der Waals surface area contributed by atoms with Crippen LogP contribution in [0.15, 0.2) is 54.3 Å². The van der Waals surface area contributed by atoms with Crippen LogP contribution in [0, 0.1) is 11.8 Å². The molecule has 3 rings (SSSR count). The van der Waals surface area contributed by atoms with E-state index in [1.54, 1.807) is 0 Å². The number of fused-ring (bicyclic) bond motifs is 1. The Kier molecular flexibility index (Phi) is 4.47. The number of ether oxygens (including phenoxy) is 2. The molecule has 21 heavy (non-hydrogen) atoms. The van der Waals surface area contributed by atoms with E-state index >= 15 is 0 Å². The molecule has 0 radical (unpaired) electrons. The van der Waals surface area contributed by atoms with Crippen LogP contribution in [0.1, 0.15) is 6.92 Å². The Morgan fingerprint density at radius 1 is 1.33 bits per heavy atom. The van der Waals surface area contributed by atoms with Crippen molar-refractivity contribution in [3.63, 3.8) is 0 Å². The number of benzene rings is 1. The van der Waals surface area contributed by atoms with E-state index in [-0.39, 0.29) is 23.9 Å². The van der Waals surface area contributed by atoms with E-state index in [9.17, 15) is 4.79 Å². The van der Waals surface area contributed by atoms with Gasteiger partial charge in [0.2, 0.25) is 0 Å². The van der Waals surface area contributed by atoms with Gasteiger partial charge in [0.05, 0.1) is 0 Å². The van der Waals surface area contributed by atoms with Gasteiger partial charge in [-0.1, -0.05) is 0 Å². The summed E-state index contributed by atoms with van der Waals surface area (Å²) < 4.78 is 12.6. The van der Waals surface area contributed by atoms with Gasteiger partial charge in [0, 0.05) is 0 Å². The Labute approximate surface area is 131 Å². The summed E-state index contributed by atoms with van der Waals surface area (Å²) in [5, 5.41) is 0.919. The van der Waals surface area contributed by atoms with Gasteiger partial charge in [-0.15, -0.1) is 0 Å². The second-order valence-electron chi connectivity index (χ2n) is 5.16. The van der Waals surface area contributed by atoms with Crippen LogP contribution < -0.4 is 4.46 Å². The number of allylic oxidation sites excluding steroid dienone is 2. The minimum atomic E-state index is -0.179. The molecule has 110 valence electrons. The zero-order valence-corrected chi connectivity index (χ0v) is 13.6. The van der Waals surface area contributed by atoms with Crippen LogP contribution in [0.25, 0.3) is 0 Å². The number of cyclic esters (lactones) is 1. The van der Waals surface area contributed by atoms with Crippen LogP contribution in [0.4, 0.5) is 0 Å². The van der Waals surface area contributed by atoms with E-state index in [1.807, 2.05) is 25.1 Å². The van der Waals surface area contributed by atoms with Crippen LogP contribution in [0.3, 0.4) is 0 Å². The predicted molar refractivity (Wildman–Crippen MR) is 82.3 cm³/mol. The standard InChI is InChI=1S/C17H18O3Se/c1-2-6-15-16-12(10-19-17(16)18)9-13(20-15)11-21-14-7-4-3-5-8-14/h2-9,12,15-16H,10-11H2,1H3/b6-2+/t12-,15-,16-/m0/s1. The van der Waals surface area contributed by atoms with Crippen molar-refractivity contribution in [2.24, 2.45) is 11.8 Å². The molecule has 0 unspecified atom stereocenters. The minimum absolute atomic E-state index is 0.132. The van der Waals surface area contributed by atoms with Gasteiger partial charge in [0.25, 0.3) is 0 Å². The van der Waals surface area contributed by atoms with E-state index in [0.717, 1.165) is 11.1 Å². The summed E-state index contributed by atoms with van der Waals surface area (Å²) >= 11 is 0.351. The molecule has 3 nitrogen and oxygen atoms in total. The molecular weight excluding hydrogens is 331 g/mol. The van der Waals surface area contributed by atoms with Gasteiger partial charge in [-0.25, -0.2) is 0 Å². The van der Waals surface area contributed by atoms with Crippen LogP contribution in [-0.4, -0.2) is 33.6 Å². The molecule has 2 aliphatic heterocycles. The molecule has 1 saturated heterocycles. The van der Waals surface area contributed by atoms with Crippen molar-refractivity contribution in [3.05, 3.63) is 54.3 Å². The molecule has 1 aromatic carbocycles. The molecule has 0 aromatic heterocycles. The predicted octanol–water partition coefficient (Wildman–Crippen LogP) is 2.08. The monoisotopic (exact) mass is 350 g/mol. The van der Waals surface area contributed by atoms with Crippen molar-refractivity contribution >= 4 is 25.4 Å². The van der Waals surface area contributed by atoms with Crippen LogP contribution in [0.5, 0.6) is 0 Å². The topological polar surface area (TPSA) is 35.5 Å². The molecule has 0 aliphatic carbocycles. The first-order valence-electron chi connectivity index (χ1n) is 7.12. The van der Waals surface area contributed by atoms with Gasteiger partial charge >= 0.3 is 131 Å². The fraction of sp³-hybridized carbons (Fsp3) is 0.353. The quantitative estimate of drug-likeness (QED) is 0.474. The molecule has 2 aliphatic rings. The molecular formula is C17H18O3Se. The summed E-state index contributed by atoms with van der Waals surface area (Å²) in [6.07, 6.45) is 5.83. The molecule has 0 N–H and O–H groups in total. The molecule has 0 saturated carbocycles. The summed E-state index contributed by atoms with van der Waals surface area (Å²) in [6, 6.07) is 10.5. The van der Waals surface area contributed by atoms with Crippen LogP contribution >= 0.6 is 0 Å². The maximum atomic E-state index is 11.8. The first-order chi connectivity index (χ1) is 10.3. The Hall–Kier alpha value is -1.51. The number of rotatable bonds is 4. The third-order valence-corrected chi connectivity index (χ3v) is 5.87. The number of carbonyl (C=O) groups is 1. The maximum absolute atomic E-state index is 11.8. The van der Waals surface area contributed by atoms with Crippen molar-refractivity contribution in [1.29, 1.82) is 0 Å². The van der Waals surface area contributed by atoms with Gasteiger partial charge in [-0.3, -0.25) is 0 Å². The van der Waals surface area contributed by atoms with E-state index in [4.69, 9.17) is 9.47 Å². The zero-order valence-electron chi connectivity index (χ0n) is 11.9. The Bertz CT molecular complexity index is 565. The summed E-state index contributed by atoms with van der Waals surface area (Å²) in [5.74, 6) is 0.858. The van der Waals surface area contributed by atoms with Crippen LogP contribution in [0.2, 0.25) is 5.32 Å². The summed E-state index contributed by atoms with van der Waals surface area (Å²) in [6.45, 7) is 2.44. The van der Waals surface area contributed by atoms with E-state index < -0.39 is 0 Å². The average Bonchev–Trinajstić information content (AvgIpc) is 2.88. The van der Waals surface area contributed by atoms with E-state index in [2.05, 4.69) is 30.3 Å². The average molecular weight is 349 g/mol. The molecule has 1 fully saturated rings. The van der Waals surface area contributed by atoms with E-state index in [0.29, 0.717) is 21.6 Å². The number of hydrogen-bond acceptors (Lipinski definition) is 3. The van der Waals surface area contributed by atoms with Crippen LogP contribution in [-0.2, 0) is 14.3 Å². The second kappa shape index (κ2) is 6.50. The summed E-state index contributed by atoms with van der Waals surface area (Å²) in [7, 11) is 0. The van der Waals surface area contributed by atoms with Gasteiger partial charge in [0.15, 0.2) is 0 Å². The Morgan fingerprint density at radius 3 is 2.90 bits per heavy atom. The summed E-state index contributed by atoms with van der Waals surface area (Å²) in [5.41, 5.74) is 0. The first kappa shape index (κ1) is 14.4. The van der Waals surface area contributed by atoms with Crippen molar-refractivity contribution in [1.82, 2.24) is 0 Å². The molecule has 0 spiro atoms. The zero-order chi connectivity index (χ0) is 14.7. The molecule has 2 heterocycles. The number of hydrogen-bond donors (Lipinski definition) is 0. The van der Waals surface area contributed by atoms with Gasteiger partial charge in [-0.05, 0) is 0 Å². The Morgan fingerprint density at radius 2 is 2.14 bits per heavy atom. The van der Waals surface area contributed by atoms with Crippen molar-refractivity contribution in [2.75, 3.05) is 6.61 Å². The first-order valence-corrected chi connectivity index (χ1v) is 9.19. The van der Waals surface area contributed by atoms with E-state index in [1.165, 1.54) is 4.46 Å². The fourth-order valence-corrected chi connectivity index (χ4v) is 4.44. The van der Waals surface area contributed by atoms with Gasteiger partial charge in [-0.2, -0.15) is 0 Å². The van der Waals surface area contributed by atoms with Crippen molar-refractivity contribution < 1.29 is 14.3 Å². The van der Waals surface area contributed by atoms with Crippen molar-refractivity contribution in [2.45, 2.75) is 18.3 Å². The van der Waals surface area contributed by atoms with Crippen molar-refractivity contribution in [3.8, 4) is 0 Å². The SMILES string of the molecule is C/C=C/[C@@H]1OC(C[Se]c2ccccc2)=C[C@H]2COC(=O)[C@H]12. The normalized spacial score (nSPS) is 28.0. The third kappa shape index (κ3) is 3.22. The second-order valence-corrected chi connectivity index (χ2v) is 7.36. The number of esters is 1. The molecule has 4 heteroatoms. The molecule has 1 aromatic rings. The fourth-order valence-electron chi connectivity index (χ4n) is 2.71. The molecule has 0 amide bonds. The molecule has 3 atom stereocenters. The van der Waals surface area contributed by atoms with Gasteiger partial charge in [0.1, 0.15) is 0 Å². The van der Waals surface area contributed by atoms with Gasteiger partial charge < -0.3 is 0 Å². The third-order valence-electron chi connectivity index (χ3n) is 3.70. The summed E-state index contributed by atoms with van der Waals surface area (Å²) in [4.78, 5) is 11.8. The molecule has 0 bridgehead atoms. The number of carbonyl (C=O) groups excluding carboxylic acids is 1.